The van der Waals surface area contributed by atoms with Crippen molar-refractivity contribution in [3.8, 4) is 0 Å². The minimum Gasteiger partial charge on any atom is -0.664 e. The van der Waals surface area contributed by atoms with Gasteiger partial charge in [0.1, 0.15) is 12.2 Å². The number of hydrogen-bond acceptors (Lipinski definition) is 5. The first-order chi connectivity index (χ1) is 34.9. The molecule has 1 aromatic carbocycles. The summed E-state index contributed by atoms with van der Waals surface area (Å²) in [5.41, 5.74) is 14.2. The van der Waals surface area contributed by atoms with Gasteiger partial charge in [-0.25, -0.2) is 9.97 Å². The van der Waals surface area contributed by atoms with Gasteiger partial charge in [0.15, 0.2) is 0 Å². The molecule has 0 saturated heterocycles. The number of ether oxygens (including phenoxy) is 2. The van der Waals surface area contributed by atoms with Crippen LogP contribution in [-0.4, -0.2) is 66.6 Å². The van der Waals surface area contributed by atoms with Crippen LogP contribution >= 0.6 is 0 Å². The number of carbonyl (C=O) groups is 3. The topological polar surface area (TPSA) is 129 Å². The Morgan fingerprint density at radius 2 is 1.46 bits per heavy atom. The third kappa shape index (κ3) is 15.2. The van der Waals surface area contributed by atoms with Crippen LogP contribution in [0.15, 0.2) is 72.8 Å². The van der Waals surface area contributed by atoms with Crippen LogP contribution in [0.5, 0.6) is 0 Å². The zero-order valence-corrected chi connectivity index (χ0v) is 48.5. The smallest absolute Gasteiger partial charge is 0.664 e. The Morgan fingerprint density at radius 3 is 2.11 bits per heavy atom. The molecule has 0 radical (unpaired) electrons. The molecule has 0 fully saturated rings. The zero-order valence-electron chi connectivity index (χ0n) is 47.1. The minimum atomic E-state index is -0.472. The van der Waals surface area contributed by atoms with E-state index < -0.39 is 5.97 Å². The van der Waals surface area contributed by atoms with E-state index in [1.54, 1.807) is 11.9 Å². The molecule has 2 aromatic heterocycles. The van der Waals surface area contributed by atoms with Crippen molar-refractivity contribution in [3.63, 3.8) is 0 Å². The van der Waals surface area contributed by atoms with Crippen LogP contribution in [0, 0.1) is 24.7 Å². The number of benzene rings is 1. The molecule has 5 heterocycles. The molecule has 0 aliphatic carbocycles. The summed E-state index contributed by atoms with van der Waals surface area (Å²) < 4.78 is 11.2. The molecule has 8 bridgehead atoms. The van der Waals surface area contributed by atoms with Gasteiger partial charge >= 0.3 is 35.0 Å². The molecule has 392 valence electrons. The number of allylic oxidation sites excluding steroid dienone is 5. The number of fused-ring (bicyclic) bond motifs is 8. The second-order valence-corrected chi connectivity index (χ2v) is 21.7. The molecular formula is C63H85MgN5O5+2. The van der Waals surface area contributed by atoms with Crippen LogP contribution in [0.1, 0.15) is 201 Å². The molecule has 3 aliphatic rings. The molecule has 4 unspecified atom stereocenters. The number of amides is 1. The molecule has 11 heteroatoms. The van der Waals surface area contributed by atoms with Gasteiger partial charge < -0.3 is 24.3 Å². The number of H-pyrrole nitrogens is 2. The first kappa shape index (κ1) is 59.6. The van der Waals surface area contributed by atoms with Crippen molar-refractivity contribution in [2.45, 2.75) is 171 Å². The van der Waals surface area contributed by atoms with E-state index in [0.717, 1.165) is 92.6 Å². The summed E-state index contributed by atoms with van der Waals surface area (Å²) >= 11 is 0. The molecule has 3 aromatic rings. The number of rotatable bonds is 24. The molecule has 10 nitrogen and oxygen atoms in total. The van der Waals surface area contributed by atoms with Crippen LogP contribution in [0.4, 0.5) is 0 Å². The number of esters is 2. The van der Waals surface area contributed by atoms with Crippen LogP contribution in [0.3, 0.4) is 0 Å². The number of aromatic nitrogens is 4. The quantitative estimate of drug-likeness (QED) is 0.0496. The predicted molar refractivity (Wildman–Crippen MR) is 301 cm³/mol. The van der Waals surface area contributed by atoms with Crippen molar-refractivity contribution in [1.29, 1.82) is 0 Å². The average Bonchev–Trinajstić information content (AvgIpc) is 4.04. The van der Waals surface area contributed by atoms with Gasteiger partial charge in [-0.3, -0.25) is 14.4 Å². The summed E-state index contributed by atoms with van der Waals surface area (Å²) in [6.07, 6.45) is 16.3. The number of nitrogens with zero attached hydrogens (tertiary/aromatic N) is 3. The van der Waals surface area contributed by atoms with E-state index in [0.29, 0.717) is 47.1 Å². The van der Waals surface area contributed by atoms with Gasteiger partial charge in [-0.1, -0.05) is 146 Å². The Balaban J connectivity index is 0.0000101. The van der Waals surface area contributed by atoms with Crippen molar-refractivity contribution >= 4 is 74.2 Å². The third-order valence-electron chi connectivity index (χ3n) is 15.6. The van der Waals surface area contributed by atoms with Gasteiger partial charge in [0, 0.05) is 36.7 Å². The number of likely N-dealkylation sites (N-methyl/N-ethyl adjacent to an activating group) is 1. The van der Waals surface area contributed by atoms with E-state index in [9.17, 15) is 9.59 Å². The summed E-state index contributed by atoms with van der Waals surface area (Å²) in [7, 11) is 3.17. The molecule has 0 spiro atoms. The minimum absolute atomic E-state index is 0. The summed E-state index contributed by atoms with van der Waals surface area (Å²) in [5, 5.41) is 0. The van der Waals surface area contributed by atoms with E-state index in [1.807, 2.05) is 55.5 Å². The molecule has 6 rings (SSSR count). The third-order valence-corrected chi connectivity index (χ3v) is 15.6. The van der Waals surface area contributed by atoms with Crippen molar-refractivity contribution in [2.24, 2.45) is 17.8 Å². The van der Waals surface area contributed by atoms with Gasteiger partial charge in [-0.15, -0.1) is 22.4 Å². The number of aromatic amines is 2. The number of aryl methyl sites for hydroxylation is 2. The molecular weight excluding hydrogens is 931 g/mol. The van der Waals surface area contributed by atoms with Crippen LogP contribution in [-0.2, 0) is 43.2 Å². The molecule has 0 saturated carbocycles. The van der Waals surface area contributed by atoms with Crippen LogP contribution in [0.25, 0.3) is 33.3 Å². The van der Waals surface area contributed by atoms with Gasteiger partial charge in [-0.05, 0) is 113 Å². The zero-order chi connectivity index (χ0) is 52.9. The van der Waals surface area contributed by atoms with Crippen molar-refractivity contribution < 1.29 is 33.8 Å². The first-order valence-electron chi connectivity index (χ1n) is 27.2. The fraction of sp³-hybridized carbons (Fsp3) is 0.508. The van der Waals surface area contributed by atoms with E-state index in [-0.39, 0.29) is 66.2 Å². The van der Waals surface area contributed by atoms with Gasteiger partial charge in [0.2, 0.25) is 22.8 Å². The number of hydrogen-bond donors (Lipinski definition) is 0. The van der Waals surface area contributed by atoms with Gasteiger partial charge in [0.25, 0.3) is 5.91 Å². The normalized spacial score (nSPS) is 15.9. The largest absolute Gasteiger partial charge is 2.00 e. The molecule has 74 heavy (non-hydrogen) atoms. The predicted octanol–water partition coefficient (Wildman–Crippen LogP) is 12.6. The van der Waals surface area contributed by atoms with Crippen molar-refractivity contribution in [3.05, 3.63) is 129 Å². The Bertz CT molecular complexity index is 2780. The molecule has 2 N–H and O–H groups in total. The summed E-state index contributed by atoms with van der Waals surface area (Å²) in [5.74, 6) is 0.856. The van der Waals surface area contributed by atoms with Crippen molar-refractivity contribution in [2.75, 3.05) is 20.8 Å². The summed E-state index contributed by atoms with van der Waals surface area (Å²) in [6, 6.07) is 16.1. The molecule has 1 amide bonds. The Kier molecular flexibility index (Phi) is 22.6. The van der Waals surface area contributed by atoms with Crippen LogP contribution in [0.2, 0.25) is 0 Å². The average molecular weight is 1020 g/mol. The van der Waals surface area contributed by atoms with E-state index >= 15 is 4.79 Å². The SMILES string of the molecule is C=CC1=C(C)c2cc3[n-]c(c(CC(=O)OC)c4[nH+]c(cc5[n-]c(cc1[nH+]2)c(C)c5CC)C(C)=C4C(=O)N(C)Cc1ccccc1)C(CCC(=O)OCC=C(C)CCCC(C)CCCC(C)CCCC(C)C)C3C.[Mg+2]. The standard InChI is InChI=1S/C63H84N5O5.Mg/c1-14-48-43(8)52-35-54-45(10)50(30-31-58(69)73-33-32-42(7)27-21-26-41(6)25-20-24-40(5)23-19-22-39(3)4)61(66-54)51(34-59(70)72-13)62-60(63(71)68(12)38-47-28-17-16-18-29-47)46(11)55(67-62)37-57-49(15-2)44(9)53(65-57)36-56(48)64-52;/h14,16-18,28-29,32,35-37,39-41,45,50H,1,15,19-27,30-31,33-34,38H2,2-13H3,(H-,64,65,66,67,71);/q-1;+2/p+1. The maximum atomic E-state index is 15.0. The fourth-order valence-corrected chi connectivity index (χ4v) is 10.9. The number of carbonyl (C=O) groups excluding carboxylic acids is 3. The van der Waals surface area contributed by atoms with E-state index in [1.165, 1.54) is 57.6 Å². The van der Waals surface area contributed by atoms with E-state index in [4.69, 9.17) is 19.4 Å². The second kappa shape index (κ2) is 28.0. The summed E-state index contributed by atoms with van der Waals surface area (Å²) in [4.78, 5) is 62.0. The van der Waals surface area contributed by atoms with E-state index in [2.05, 4.69) is 91.0 Å². The summed E-state index contributed by atoms with van der Waals surface area (Å²) in [6.45, 7) is 26.7. The Labute approximate surface area is 459 Å². The van der Waals surface area contributed by atoms with Gasteiger partial charge in [-0.2, -0.15) is 0 Å². The maximum absolute atomic E-state index is 15.0. The monoisotopic (exact) mass is 1020 g/mol. The number of methoxy groups -OCH3 is 1. The fourth-order valence-electron chi connectivity index (χ4n) is 10.9. The second-order valence-electron chi connectivity index (χ2n) is 21.7. The van der Waals surface area contributed by atoms with Gasteiger partial charge in [0.05, 0.1) is 19.1 Å². The van der Waals surface area contributed by atoms with Crippen molar-refractivity contribution in [1.82, 2.24) is 14.9 Å². The first-order valence-corrected chi connectivity index (χ1v) is 27.2. The molecule has 4 atom stereocenters. The Hall–Kier alpha value is -5.26. The number of nitrogens with one attached hydrogen (secondary N) is 2. The maximum Gasteiger partial charge on any atom is 2.00 e. The van der Waals surface area contributed by atoms with Crippen LogP contribution < -0.4 is 19.9 Å². The molecule has 3 aliphatic heterocycles. The Morgan fingerprint density at radius 1 is 0.811 bits per heavy atom.